The maximum absolute atomic E-state index is 5.37. The van der Waals surface area contributed by atoms with Gasteiger partial charge in [0, 0.05) is 5.38 Å². The molecule has 0 amide bonds. The van der Waals surface area contributed by atoms with Crippen LogP contribution in [0.2, 0.25) is 0 Å². The first kappa shape index (κ1) is 8.20. The predicted molar refractivity (Wildman–Crippen MR) is 47.9 cm³/mol. The third-order valence-corrected chi connectivity index (χ3v) is 1.98. The van der Waals surface area contributed by atoms with Gasteiger partial charge in [0.25, 0.3) is 0 Å². The van der Waals surface area contributed by atoms with Gasteiger partial charge in [-0.15, -0.1) is 11.3 Å². The lowest BCUT2D eigenvalue weighted by molar-refractivity contribution is 0.992. The highest BCUT2D eigenvalue weighted by Crippen LogP contribution is 2.08. The van der Waals surface area contributed by atoms with Crippen molar-refractivity contribution >= 4 is 17.2 Å². The van der Waals surface area contributed by atoms with Gasteiger partial charge in [-0.05, 0) is 13.8 Å². The number of aromatic nitrogens is 1. The molecule has 0 radical (unpaired) electrons. The summed E-state index contributed by atoms with van der Waals surface area (Å²) in [6, 6.07) is 0. The number of hydrogen-bond acceptors (Lipinski definition) is 3. The molecule has 0 fully saturated rings. The van der Waals surface area contributed by atoms with Crippen molar-refractivity contribution < 1.29 is 0 Å². The number of amidine groups is 1. The first-order valence-corrected chi connectivity index (χ1v) is 4.24. The molecule has 0 unspecified atom stereocenters. The quantitative estimate of drug-likeness (QED) is 0.536. The molecule has 0 aliphatic carbocycles. The van der Waals surface area contributed by atoms with Crippen LogP contribution in [0.25, 0.3) is 0 Å². The van der Waals surface area contributed by atoms with Crippen LogP contribution in [-0.4, -0.2) is 10.8 Å². The molecule has 11 heavy (non-hydrogen) atoms. The van der Waals surface area contributed by atoms with Crippen molar-refractivity contribution in [1.82, 2.24) is 4.98 Å². The van der Waals surface area contributed by atoms with Crippen molar-refractivity contribution in [3.8, 4) is 0 Å². The van der Waals surface area contributed by atoms with Gasteiger partial charge in [0.2, 0.25) is 0 Å². The fourth-order valence-corrected chi connectivity index (χ4v) is 1.29. The van der Waals surface area contributed by atoms with Gasteiger partial charge in [0.15, 0.2) is 0 Å². The van der Waals surface area contributed by atoms with E-state index >= 15 is 0 Å². The van der Waals surface area contributed by atoms with Gasteiger partial charge in [-0.2, -0.15) is 0 Å². The van der Waals surface area contributed by atoms with Gasteiger partial charge >= 0.3 is 0 Å². The fraction of sp³-hybridized carbons (Fsp3) is 0.429. The van der Waals surface area contributed by atoms with Gasteiger partial charge in [-0.25, -0.2) is 4.98 Å². The number of thiazole rings is 1. The van der Waals surface area contributed by atoms with Gasteiger partial charge in [-0.1, -0.05) is 0 Å². The molecule has 4 heteroatoms. The summed E-state index contributed by atoms with van der Waals surface area (Å²) >= 11 is 1.63. The summed E-state index contributed by atoms with van der Waals surface area (Å²) in [5.74, 6) is 0.607. The SMILES string of the molecule is CC(N)=NCc1csc(C)n1. The molecule has 1 aromatic heterocycles. The monoisotopic (exact) mass is 169 g/mol. The highest BCUT2D eigenvalue weighted by Gasteiger charge is 1.94. The van der Waals surface area contributed by atoms with Crippen molar-refractivity contribution in [1.29, 1.82) is 0 Å². The molecule has 1 aromatic rings. The summed E-state index contributed by atoms with van der Waals surface area (Å²) in [7, 11) is 0. The van der Waals surface area contributed by atoms with Crippen molar-refractivity contribution in [3.05, 3.63) is 16.1 Å². The third-order valence-electron chi connectivity index (χ3n) is 1.16. The molecule has 60 valence electrons. The fourth-order valence-electron chi connectivity index (χ4n) is 0.687. The predicted octanol–water partition coefficient (Wildman–Crippen LogP) is 1.33. The van der Waals surface area contributed by atoms with E-state index in [0.29, 0.717) is 12.4 Å². The number of aliphatic imine (C=N–C) groups is 1. The van der Waals surface area contributed by atoms with Crippen LogP contribution < -0.4 is 5.73 Å². The van der Waals surface area contributed by atoms with Crippen LogP contribution in [0.4, 0.5) is 0 Å². The molecule has 3 nitrogen and oxygen atoms in total. The van der Waals surface area contributed by atoms with E-state index in [9.17, 15) is 0 Å². The van der Waals surface area contributed by atoms with Crippen LogP contribution in [0.5, 0.6) is 0 Å². The summed E-state index contributed by atoms with van der Waals surface area (Å²) in [6.45, 7) is 4.36. The first-order valence-electron chi connectivity index (χ1n) is 3.36. The molecule has 1 heterocycles. The summed E-state index contributed by atoms with van der Waals surface area (Å²) in [6.07, 6.45) is 0. The van der Waals surface area contributed by atoms with Crippen LogP contribution in [0.1, 0.15) is 17.6 Å². The molecule has 2 N–H and O–H groups in total. The highest BCUT2D eigenvalue weighted by molar-refractivity contribution is 7.09. The lowest BCUT2D eigenvalue weighted by Crippen LogP contribution is -2.05. The molecule has 1 rings (SSSR count). The maximum atomic E-state index is 5.37. The van der Waals surface area contributed by atoms with E-state index in [1.807, 2.05) is 12.3 Å². The Morgan fingerprint density at radius 2 is 2.55 bits per heavy atom. The van der Waals surface area contributed by atoms with Crippen molar-refractivity contribution in [3.63, 3.8) is 0 Å². The van der Waals surface area contributed by atoms with E-state index in [-0.39, 0.29) is 0 Å². The van der Waals surface area contributed by atoms with Crippen LogP contribution in [0.15, 0.2) is 10.4 Å². The Morgan fingerprint density at radius 3 is 3.00 bits per heavy atom. The molecule has 0 spiro atoms. The summed E-state index contributed by atoms with van der Waals surface area (Å²) in [5.41, 5.74) is 6.37. The number of aryl methyl sites for hydroxylation is 1. The first-order chi connectivity index (χ1) is 5.18. The highest BCUT2D eigenvalue weighted by atomic mass is 32.1. The van der Waals surface area contributed by atoms with Crippen LogP contribution >= 0.6 is 11.3 Å². The van der Waals surface area contributed by atoms with Crippen LogP contribution in [-0.2, 0) is 6.54 Å². The van der Waals surface area contributed by atoms with E-state index in [2.05, 4.69) is 9.98 Å². The van der Waals surface area contributed by atoms with E-state index in [0.717, 1.165) is 10.7 Å². The van der Waals surface area contributed by atoms with E-state index in [1.165, 1.54) is 0 Å². The molecule has 0 saturated heterocycles. The second-order valence-electron chi connectivity index (χ2n) is 2.32. The Balaban J connectivity index is 2.58. The molecule has 0 bridgehead atoms. The molecular weight excluding hydrogens is 158 g/mol. The zero-order valence-corrected chi connectivity index (χ0v) is 7.48. The largest absolute Gasteiger partial charge is 0.388 e. The van der Waals surface area contributed by atoms with Gasteiger partial charge in [0.1, 0.15) is 0 Å². The Bertz CT molecular complexity index is 260. The normalized spacial score (nSPS) is 12.0. The van der Waals surface area contributed by atoms with E-state index < -0.39 is 0 Å². The Kier molecular flexibility index (Phi) is 2.59. The third kappa shape index (κ3) is 2.67. The molecule has 0 saturated carbocycles. The number of rotatable bonds is 2. The van der Waals surface area contributed by atoms with Crippen molar-refractivity contribution in [2.24, 2.45) is 10.7 Å². The topological polar surface area (TPSA) is 51.3 Å². The minimum atomic E-state index is 0.604. The molecule has 0 aliphatic rings. The number of hydrogen-bond donors (Lipinski definition) is 1. The van der Waals surface area contributed by atoms with Crippen molar-refractivity contribution in [2.45, 2.75) is 20.4 Å². The van der Waals surface area contributed by atoms with E-state index in [1.54, 1.807) is 18.3 Å². The molecule has 0 aromatic carbocycles. The lowest BCUT2D eigenvalue weighted by Gasteiger charge is -1.89. The molecular formula is C7H11N3S. The Hall–Kier alpha value is -0.900. The zero-order chi connectivity index (χ0) is 8.27. The minimum Gasteiger partial charge on any atom is -0.388 e. The van der Waals surface area contributed by atoms with Gasteiger partial charge in [-0.3, -0.25) is 4.99 Å². The zero-order valence-electron chi connectivity index (χ0n) is 6.66. The van der Waals surface area contributed by atoms with Gasteiger partial charge in [0.05, 0.1) is 23.1 Å². The maximum Gasteiger partial charge on any atom is 0.0910 e. The summed E-state index contributed by atoms with van der Waals surface area (Å²) < 4.78 is 0. The molecule has 0 aliphatic heterocycles. The molecule has 0 atom stereocenters. The van der Waals surface area contributed by atoms with Crippen molar-refractivity contribution in [2.75, 3.05) is 0 Å². The van der Waals surface area contributed by atoms with Crippen LogP contribution in [0.3, 0.4) is 0 Å². The average Bonchev–Trinajstić information content (AvgIpc) is 2.31. The smallest absolute Gasteiger partial charge is 0.0910 e. The minimum absolute atomic E-state index is 0.604. The number of nitrogens with two attached hydrogens (primary N) is 1. The standard InChI is InChI=1S/C7H11N3S/c1-5(8)9-3-7-4-11-6(2)10-7/h4H,3H2,1-2H3,(H2,8,9). The lowest BCUT2D eigenvalue weighted by atomic mass is 10.5. The van der Waals surface area contributed by atoms with Gasteiger partial charge < -0.3 is 5.73 Å². The van der Waals surface area contributed by atoms with Crippen LogP contribution in [0, 0.1) is 6.92 Å². The second-order valence-corrected chi connectivity index (χ2v) is 3.38. The Morgan fingerprint density at radius 1 is 1.82 bits per heavy atom. The Labute approximate surface area is 70.0 Å². The second kappa shape index (κ2) is 3.48. The number of nitrogens with zero attached hydrogens (tertiary/aromatic N) is 2. The summed E-state index contributed by atoms with van der Waals surface area (Å²) in [5, 5.41) is 3.08. The summed E-state index contributed by atoms with van der Waals surface area (Å²) in [4.78, 5) is 8.29. The van der Waals surface area contributed by atoms with E-state index in [4.69, 9.17) is 5.73 Å². The average molecular weight is 169 g/mol.